The summed E-state index contributed by atoms with van der Waals surface area (Å²) in [6.07, 6.45) is 1.43. The van der Waals surface area contributed by atoms with Crippen LogP contribution in [0.3, 0.4) is 0 Å². The van der Waals surface area contributed by atoms with Gasteiger partial charge in [0.15, 0.2) is 10.7 Å². The second kappa shape index (κ2) is 5.52. The molecule has 0 bridgehead atoms. The maximum Gasteiger partial charge on any atom is 0.387 e. The van der Waals surface area contributed by atoms with Crippen LogP contribution in [0.1, 0.15) is 22.4 Å². The molecular weight excluding hydrogens is 256 g/mol. The quantitative estimate of drug-likeness (QED) is 0.510. The molecule has 0 saturated heterocycles. The second-order valence-corrected chi connectivity index (χ2v) is 4.42. The van der Waals surface area contributed by atoms with Crippen LogP contribution in [0.2, 0.25) is 0 Å². The highest BCUT2D eigenvalue weighted by molar-refractivity contribution is 9.09. The van der Waals surface area contributed by atoms with Crippen LogP contribution < -0.4 is 0 Å². The van der Waals surface area contributed by atoms with Crippen LogP contribution in [-0.2, 0) is 0 Å². The number of aliphatic hydroxyl groups is 1. The van der Waals surface area contributed by atoms with Gasteiger partial charge in [0.1, 0.15) is 0 Å². The van der Waals surface area contributed by atoms with Crippen LogP contribution in [0.15, 0.2) is 36.2 Å². The molecule has 1 rings (SSSR count). The summed E-state index contributed by atoms with van der Waals surface area (Å²) < 4.78 is 0. The molecule has 0 aliphatic rings. The number of allylic oxidation sites excluding steroid dienone is 1. The van der Waals surface area contributed by atoms with Crippen molar-refractivity contribution in [3.63, 3.8) is 0 Å². The Kier molecular flexibility index (Phi) is 4.32. The Morgan fingerprint density at radius 2 is 2.13 bits per heavy atom. The zero-order chi connectivity index (χ0) is 11.3. The van der Waals surface area contributed by atoms with E-state index >= 15 is 0 Å². The highest BCUT2D eigenvalue weighted by Crippen LogP contribution is 2.28. The fourth-order valence-corrected chi connectivity index (χ4v) is 1.83. The van der Waals surface area contributed by atoms with Gasteiger partial charge in [-0.25, -0.2) is 0 Å². The van der Waals surface area contributed by atoms with E-state index in [1.807, 2.05) is 31.2 Å². The first-order valence-electron chi connectivity index (χ1n) is 4.56. The van der Waals surface area contributed by atoms with Crippen molar-refractivity contribution >= 4 is 15.9 Å². The maximum absolute atomic E-state index is 9.31. The largest absolute Gasteiger partial charge is 0.505 e. The van der Waals surface area contributed by atoms with Crippen molar-refractivity contribution < 1.29 is 5.11 Å². The van der Waals surface area contributed by atoms with Gasteiger partial charge in [-0.05, 0) is 12.5 Å². The van der Waals surface area contributed by atoms with E-state index in [9.17, 15) is 5.11 Å². The van der Waals surface area contributed by atoms with Crippen LogP contribution in [0.25, 0.3) is 4.98 Å². The molecule has 1 unspecified atom stereocenters. The third-order valence-corrected chi connectivity index (χ3v) is 2.89. The van der Waals surface area contributed by atoms with Gasteiger partial charge in [0.2, 0.25) is 5.39 Å². The van der Waals surface area contributed by atoms with E-state index in [-0.39, 0.29) is 10.6 Å². The number of benzene rings is 1. The lowest BCUT2D eigenvalue weighted by molar-refractivity contribution is 0.388. The van der Waals surface area contributed by atoms with Gasteiger partial charge in [-0.15, -0.1) is 0 Å². The van der Waals surface area contributed by atoms with E-state index in [4.69, 9.17) is 5.39 Å². The van der Waals surface area contributed by atoms with Gasteiger partial charge in [0, 0.05) is 11.2 Å². The van der Waals surface area contributed by atoms with Gasteiger partial charge >= 0.3 is 6.20 Å². The summed E-state index contributed by atoms with van der Waals surface area (Å²) in [7, 11) is 0. The van der Waals surface area contributed by atoms with Gasteiger partial charge in [0.05, 0.1) is 0 Å². The van der Waals surface area contributed by atoms with E-state index < -0.39 is 0 Å². The number of rotatable bonds is 3. The van der Waals surface area contributed by atoms with Crippen LogP contribution in [0.5, 0.6) is 0 Å². The minimum atomic E-state index is 0.0242. The third kappa shape index (κ3) is 3.72. The van der Waals surface area contributed by atoms with E-state index in [1.54, 1.807) is 0 Å². The molecule has 0 aliphatic heterocycles. The molecule has 1 N–H and O–H groups in total. The molecule has 0 heterocycles. The van der Waals surface area contributed by atoms with Gasteiger partial charge in [-0.1, -0.05) is 45.8 Å². The Morgan fingerprint density at radius 1 is 1.53 bits per heavy atom. The Bertz CT molecular complexity index is 392. The average Bonchev–Trinajstić information content (AvgIpc) is 2.18. The number of halogens is 1. The van der Waals surface area contributed by atoms with Crippen molar-refractivity contribution in [2.75, 3.05) is 0 Å². The molecule has 1 aromatic carbocycles. The summed E-state index contributed by atoms with van der Waals surface area (Å²) in [5.41, 5.74) is 2.28. The van der Waals surface area contributed by atoms with Crippen LogP contribution in [0, 0.1) is 12.3 Å². The van der Waals surface area contributed by atoms with Crippen LogP contribution >= 0.6 is 15.9 Å². The summed E-state index contributed by atoms with van der Waals surface area (Å²) in [5, 5.41) is 17.5. The zero-order valence-corrected chi connectivity index (χ0v) is 9.98. The molecule has 15 heavy (non-hydrogen) atoms. The summed E-state index contributed by atoms with van der Waals surface area (Å²) in [6, 6.07) is 8.03. The van der Waals surface area contributed by atoms with Crippen molar-refractivity contribution in [1.29, 1.82) is 5.39 Å². The summed E-state index contributed by atoms with van der Waals surface area (Å²) in [5.74, 6) is 0.0416. The fourth-order valence-electron chi connectivity index (χ4n) is 1.20. The van der Waals surface area contributed by atoms with Crippen LogP contribution in [0.4, 0.5) is 0 Å². The van der Waals surface area contributed by atoms with E-state index in [1.165, 1.54) is 5.56 Å². The lowest BCUT2D eigenvalue weighted by Crippen LogP contribution is -1.92. The van der Waals surface area contributed by atoms with Gasteiger partial charge in [-0.3, -0.25) is 0 Å². The highest BCUT2D eigenvalue weighted by atomic mass is 79.9. The second-order valence-electron chi connectivity index (χ2n) is 3.32. The molecule has 0 aromatic heterocycles. The predicted octanol–water partition coefficient (Wildman–Crippen LogP) is 4.07. The van der Waals surface area contributed by atoms with Crippen molar-refractivity contribution in [2.45, 2.75) is 18.2 Å². The van der Waals surface area contributed by atoms with Crippen LogP contribution in [-0.4, -0.2) is 5.11 Å². The molecule has 0 fully saturated rings. The third-order valence-electron chi connectivity index (χ3n) is 2.03. The smallest absolute Gasteiger partial charge is 0.387 e. The molecule has 1 aromatic rings. The minimum Gasteiger partial charge on any atom is -0.505 e. The summed E-state index contributed by atoms with van der Waals surface area (Å²) >= 11 is 3.46. The molecular formula is C11H12BrN2O+. The summed E-state index contributed by atoms with van der Waals surface area (Å²) in [6.45, 7) is 2.02. The number of aliphatic hydroxyl groups excluding tert-OH is 1. The van der Waals surface area contributed by atoms with Crippen molar-refractivity contribution in [3.05, 3.63) is 52.3 Å². The fraction of sp³-hybridized carbons (Fsp3) is 0.273. The maximum atomic E-state index is 9.31. The van der Waals surface area contributed by atoms with Gasteiger partial charge < -0.3 is 5.11 Å². The molecule has 1 atom stereocenters. The van der Waals surface area contributed by atoms with Gasteiger partial charge in [-0.2, -0.15) is 0 Å². The molecule has 0 saturated carbocycles. The van der Waals surface area contributed by atoms with E-state index in [2.05, 4.69) is 20.9 Å². The standard InChI is InChI=1S/C11H11BrN2O/c1-8-2-4-9(5-3-8)11(12)6-10(15)7-14-13/h2-5,7,11H,6H2,1H3/p+1/b10-7+. The minimum absolute atomic E-state index is 0.0242. The Morgan fingerprint density at radius 3 is 2.67 bits per heavy atom. The molecule has 0 radical (unpaired) electrons. The Balaban J connectivity index is 2.70. The predicted molar refractivity (Wildman–Crippen MR) is 63.3 cm³/mol. The topological polar surface area (TPSA) is 48.4 Å². The lowest BCUT2D eigenvalue weighted by Gasteiger charge is -2.08. The lowest BCUT2D eigenvalue weighted by atomic mass is 10.1. The first kappa shape index (κ1) is 11.7. The highest BCUT2D eigenvalue weighted by Gasteiger charge is 2.11. The molecule has 0 spiro atoms. The van der Waals surface area contributed by atoms with E-state index in [0.29, 0.717) is 6.42 Å². The zero-order valence-electron chi connectivity index (χ0n) is 8.39. The SMILES string of the molecule is Cc1ccc(C(Br)C/C(O)=C\[N+]#N)cc1. The molecule has 3 nitrogen and oxygen atoms in total. The normalized spacial score (nSPS) is 13.3. The average molecular weight is 268 g/mol. The van der Waals surface area contributed by atoms with Crippen molar-refractivity contribution in [2.24, 2.45) is 0 Å². The first-order valence-corrected chi connectivity index (χ1v) is 5.48. The van der Waals surface area contributed by atoms with Crippen molar-refractivity contribution in [3.8, 4) is 0 Å². The number of hydrogen-bond donors (Lipinski definition) is 1. The number of nitrogens with zero attached hydrogens (tertiary/aromatic N) is 2. The Labute approximate surface area is 97.2 Å². The molecule has 78 valence electrons. The molecule has 0 aliphatic carbocycles. The summed E-state index contributed by atoms with van der Waals surface area (Å²) in [4.78, 5) is 2.79. The molecule has 0 amide bonds. The Hall–Kier alpha value is -1.34. The molecule has 4 heteroatoms. The van der Waals surface area contributed by atoms with Crippen molar-refractivity contribution in [1.82, 2.24) is 0 Å². The van der Waals surface area contributed by atoms with Gasteiger partial charge in [0.25, 0.3) is 0 Å². The van der Waals surface area contributed by atoms with E-state index in [0.717, 1.165) is 11.8 Å². The number of diazo groups is 1. The number of hydrogen-bond acceptors (Lipinski definition) is 2. The number of aryl methyl sites for hydroxylation is 1. The first-order chi connectivity index (χ1) is 7.13. The monoisotopic (exact) mass is 267 g/mol. The number of alkyl halides is 1.